The van der Waals surface area contributed by atoms with Crippen molar-refractivity contribution < 1.29 is 14.0 Å². The van der Waals surface area contributed by atoms with Gasteiger partial charge in [-0.05, 0) is 43.4 Å². The number of fused-ring (bicyclic) bond motifs is 4. The van der Waals surface area contributed by atoms with Gasteiger partial charge in [0, 0.05) is 39.8 Å². The molecule has 25 heavy (non-hydrogen) atoms. The maximum atomic E-state index is 14.2. The van der Waals surface area contributed by atoms with Crippen molar-refractivity contribution in [3.05, 3.63) is 35.1 Å². The first-order valence-corrected chi connectivity index (χ1v) is 8.84. The van der Waals surface area contributed by atoms with Crippen molar-refractivity contribution in [2.24, 2.45) is 5.92 Å². The standard InChI is InChI=1S/C19H26FN3O2/c1-13-4-7-16(17(20)8-13)19(25)23-10-14-5-6-15(23)11-22(9-14)12-18(24)21(2)3/h4,7-8,14-15H,5-6,9-12H2,1-3H3/t14-,15+/m1/s1. The van der Waals surface area contributed by atoms with Gasteiger partial charge in [-0.25, -0.2) is 4.39 Å². The Labute approximate surface area is 148 Å². The highest BCUT2D eigenvalue weighted by Crippen LogP contribution is 2.29. The van der Waals surface area contributed by atoms with E-state index in [0.717, 1.165) is 24.9 Å². The number of carbonyl (C=O) groups excluding carboxylic acids is 2. The summed E-state index contributed by atoms with van der Waals surface area (Å²) in [5.41, 5.74) is 0.953. The lowest BCUT2D eigenvalue weighted by molar-refractivity contribution is -0.129. The summed E-state index contributed by atoms with van der Waals surface area (Å²) in [6, 6.07) is 4.81. The molecule has 0 spiro atoms. The highest BCUT2D eigenvalue weighted by Gasteiger charge is 2.38. The fraction of sp³-hybridized carbons (Fsp3) is 0.579. The molecule has 3 aliphatic rings. The monoisotopic (exact) mass is 347 g/mol. The highest BCUT2D eigenvalue weighted by molar-refractivity contribution is 5.95. The number of likely N-dealkylation sites (N-methyl/N-ethyl adjacent to an activating group) is 1. The molecule has 2 amide bonds. The number of aryl methyl sites for hydroxylation is 1. The van der Waals surface area contributed by atoms with Crippen LogP contribution in [-0.4, -0.2) is 72.8 Å². The Morgan fingerprint density at radius 3 is 2.64 bits per heavy atom. The smallest absolute Gasteiger partial charge is 0.257 e. The van der Waals surface area contributed by atoms with E-state index in [1.807, 2.05) is 11.8 Å². The molecule has 0 radical (unpaired) electrons. The third-order valence-electron chi connectivity index (χ3n) is 5.26. The van der Waals surface area contributed by atoms with Gasteiger partial charge in [0.05, 0.1) is 12.1 Å². The number of rotatable bonds is 3. The number of hydrogen-bond acceptors (Lipinski definition) is 3. The fourth-order valence-electron chi connectivity index (χ4n) is 3.84. The highest BCUT2D eigenvalue weighted by atomic mass is 19.1. The molecular formula is C19H26FN3O2. The Kier molecular flexibility index (Phi) is 5.08. The van der Waals surface area contributed by atoms with E-state index in [9.17, 15) is 14.0 Å². The molecule has 3 fully saturated rings. The number of hydrogen-bond donors (Lipinski definition) is 0. The molecule has 0 aliphatic carbocycles. The van der Waals surface area contributed by atoms with Gasteiger partial charge in [0.1, 0.15) is 5.82 Å². The number of nitrogens with zero attached hydrogens (tertiary/aromatic N) is 3. The summed E-state index contributed by atoms with van der Waals surface area (Å²) in [4.78, 5) is 30.5. The molecule has 3 saturated heterocycles. The quantitative estimate of drug-likeness (QED) is 0.837. The van der Waals surface area contributed by atoms with E-state index in [4.69, 9.17) is 0 Å². The zero-order valence-corrected chi connectivity index (χ0v) is 15.2. The number of carbonyl (C=O) groups is 2. The van der Waals surface area contributed by atoms with Crippen molar-refractivity contribution in [2.75, 3.05) is 40.3 Å². The molecule has 6 heteroatoms. The number of benzene rings is 1. The second kappa shape index (κ2) is 7.12. The molecule has 2 atom stereocenters. The van der Waals surface area contributed by atoms with Gasteiger partial charge in [-0.1, -0.05) is 6.07 Å². The Morgan fingerprint density at radius 2 is 1.96 bits per heavy atom. The fourth-order valence-corrected chi connectivity index (χ4v) is 3.84. The summed E-state index contributed by atoms with van der Waals surface area (Å²) >= 11 is 0. The van der Waals surface area contributed by atoms with Crippen molar-refractivity contribution in [1.29, 1.82) is 0 Å². The van der Waals surface area contributed by atoms with Gasteiger partial charge in [0.2, 0.25) is 5.91 Å². The van der Waals surface area contributed by atoms with Crippen LogP contribution in [0.25, 0.3) is 0 Å². The molecule has 0 unspecified atom stereocenters. The van der Waals surface area contributed by atoms with Crippen molar-refractivity contribution in [3.63, 3.8) is 0 Å². The molecule has 0 saturated carbocycles. The largest absolute Gasteiger partial charge is 0.348 e. The van der Waals surface area contributed by atoms with E-state index in [1.54, 1.807) is 31.1 Å². The molecule has 136 valence electrons. The first-order chi connectivity index (χ1) is 11.8. The zero-order chi connectivity index (χ0) is 18.1. The molecule has 3 aliphatic heterocycles. The molecule has 1 aromatic carbocycles. The average molecular weight is 347 g/mol. The Hall–Kier alpha value is -1.95. The third-order valence-corrected chi connectivity index (χ3v) is 5.26. The Morgan fingerprint density at radius 1 is 1.20 bits per heavy atom. The topological polar surface area (TPSA) is 43.9 Å². The van der Waals surface area contributed by atoms with Crippen LogP contribution in [0.1, 0.15) is 28.8 Å². The normalized spacial score (nSPS) is 23.4. The van der Waals surface area contributed by atoms with Crippen molar-refractivity contribution in [3.8, 4) is 0 Å². The maximum Gasteiger partial charge on any atom is 0.257 e. The van der Waals surface area contributed by atoms with E-state index in [1.165, 1.54) is 6.07 Å². The van der Waals surface area contributed by atoms with Crippen LogP contribution in [0.5, 0.6) is 0 Å². The number of piperidine rings is 1. The summed E-state index contributed by atoms with van der Waals surface area (Å²) in [5, 5.41) is 0. The first kappa shape index (κ1) is 17.9. The average Bonchev–Trinajstić information content (AvgIpc) is 2.84. The Balaban J connectivity index is 1.76. The van der Waals surface area contributed by atoms with Crippen LogP contribution in [0.2, 0.25) is 0 Å². The summed E-state index contributed by atoms with van der Waals surface area (Å²) in [6.45, 7) is 4.32. The van der Waals surface area contributed by atoms with Gasteiger partial charge in [-0.2, -0.15) is 0 Å². The number of amides is 2. The van der Waals surface area contributed by atoms with E-state index in [-0.39, 0.29) is 23.4 Å². The molecule has 0 aromatic heterocycles. The summed E-state index contributed by atoms with van der Waals surface area (Å²) < 4.78 is 14.2. The van der Waals surface area contributed by atoms with E-state index in [0.29, 0.717) is 25.6 Å². The summed E-state index contributed by atoms with van der Waals surface area (Å²) in [6.07, 6.45) is 1.97. The lowest BCUT2D eigenvalue weighted by atomic mass is 9.94. The van der Waals surface area contributed by atoms with Crippen LogP contribution in [0.3, 0.4) is 0 Å². The molecule has 4 rings (SSSR count). The third kappa shape index (κ3) is 3.84. The minimum Gasteiger partial charge on any atom is -0.348 e. The minimum absolute atomic E-state index is 0.0434. The molecule has 5 nitrogen and oxygen atoms in total. The lowest BCUT2D eigenvalue weighted by Crippen LogP contribution is -2.48. The summed E-state index contributed by atoms with van der Waals surface area (Å²) in [7, 11) is 3.51. The summed E-state index contributed by atoms with van der Waals surface area (Å²) in [5.74, 6) is -0.271. The van der Waals surface area contributed by atoms with Crippen LogP contribution >= 0.6 is 0 Å². The predicted molar refractivity (Wildman–Crippen MR) is 93.8 cm³/mol. The maximum absolute atomic E-state index is 14.2. The van der Waals surface area contributed by atoms with Crippen LogP contribution in [0, 0.1) is 18.7 Å². The van der Waals surface area contributed by atoms with Crippen molar-refractivity contribution in [1.82, 2.24) is 14.7 Å². The van der Waals surface area contributed by atoms with E-state index >= 15 is 0 Å². The lowest BCUT2D eigenvalue weighted by Gasteiger charge is -2.36. The van der Waals surface area contributed by atoms with Gasteiger partial charge in [-0.15, -0.1) is 0 Å². The van der Waals surface area contributed by atoms with Crippen molar-refractivity contribution in [2.45, 2.75) is 25.8 Å². The van der Waals surface area contributed by atoms with Crippen LogP contribution in [-0.2, 0) is 4.79 Å². The Bertz CT molecular complexity index is 677. The number of halogens is 1. The van der Waals surface area contributed by atoms with Crippen LogP contribution in [0.15, 0.2) is 18.2 Å². The second-order valence-electron chi connectivity index (χ2n) is 7.52. The van der Waals surface area contributed by atoms with Gasteiger partial charge in [0.15, 0.2) is 0 Å². The van der Waals surface area contributed by atoms with E-state index in [2.05, 4.69) is 4.90 Å². The van der Waals surface area contributed by atoms with Crippen LogP contribution < -0.4 is 0 Å². The predicted octanol–water partition coefficient (Wildman–Crippen LogP) is 1.76. The van der Waals surface area contributed by atoms with Crippen molar-refractivity contribution >= 4 is 11.8 Å². The van der Waals surface area contributed by atoms with Gasteiger partial charge < -0.3 is 9.80 Å². The molecule has 1 aromatic rings. The minimum atomic E-state index is -0.454. The second-order valence-corrected chi connectivity index (χ2v) is 7.52. The van der Waals surface area contributed by atoms with Gasteiger partial charge in [0.25, 0.3) is 5.91 Å². The first-order valence-electron chi connectivity index (χ1n) is 8.84. The van der Waals surface area contributed by atoms with Gasteiger partial charge >= 0.3 is 0 Å². The van der Waals surface area contributed by atoms with E-state index < -0.39 is 5.82 Å². The molecule has 2 bridgehead atoms. The zero-order valence-electron chi connectivity index (χ0n) is 15.2. The molecule has 3 heterocycles. The van der Waals surface area contributed by atoms with Gasteiger partial charge in [-0.3, -0.25) is 14.5 Å². The molecular weight excluding hydrogens is 321 g/mol. The van der Waals surface area contributed by atoms with Crippen LogP contribution in [0.4, 0.5) is 4.39 Å². The SMILES string of the molecule is Cc1ccc(C(=O)N2C[C@@H]3CC[C@H]2CN(CC(=O)N(C)C)C3)c(F)c1. The molecule has 0 N–H and O–H groups in total.